The number of rotatable bonds is 6. The molecule has 0 radical (unpaired) electrons. The first kappa shape index (κ1) is 13.2. The van der Waals surface area contributed by atoms with E-state index in [0.717, 1.165) is 13.0 Å². The van der Waals surface area contributed by atoms with E-state index in [1.807, 2.05) is 0 Å². The van der Waals surface area contributed by atoms with Crippen molar-refractivity contribution >= 4 is 0 Å². The maximum Gasteiger partial charge on any atom is 0.00386 e. The highest BCUT2D eigenvalue weighted by molar-refractivity contribution is 5.27. The minimum Gasteiger partial charge on any atom is -0.301 e. The highest BCUT2D eigenvalue weighted by atomic mass is 15.1. The van der Waals surface area contributed by atoms with Crippen molar-refractivity contribution in [3.8, 4) is 0 Å². The van der Waals surface area contributed by atoms with Crippen molar-refractivity contribution < 1.29 is 0 Å². The Hall–Kier alpha value is -0.820. The zero-order valence-corrected chi connectivity index (χ0v) is 11.2. The van der Waals surface area contributed by atoms with Gasteiger partial charge in [0.15, 0.2) is 0 Å². The molecule has 0 fully saturated rings. The Bertz CT molecular complexity index is 304. The lowest BCUT2D eigenvalue weighted by atomic mass is 10.0. The maximum atomic E-state index is 2.52. The molecular weight excluding hydrogens is 194 g/mol. The highest BCUT2D eigenvalue weighted by Gasteiger charge is 2.07. The molecule has 0 aliphatic heterocycles. The molecule has 90 valence electrons. The van der Waals surface area contributed by atoms with Crippen LogP contribution in [0.1, 0.15) is 38.8 Å². The lowest BCUT2D eigenvalue weighted by Crippen LogP contribution is -2.32. The molecule has 1 aromatic rings. The Labute approximate surface area is 100 Å². The predicted octanol–water partition coefficient (Wildman–Crippen LogP) is 3.52. The quantitative estimate of drug-likeness (QED) is 0.707. The second kappa shape index (κ2) is 6.70. The van der Waals surface area contributed by atoms with Crippen molar-refractivity contribution in [2.24, 2.45) is 0 Å². The van der Waals surface area contributed by atoms with Crippen molar-refractivity contribution in [1.29, 1.82) is 0 Å². The molecular formula is C15H25N. The summed E-state index contributed by atoms with van der Waals surface area (Å²) in [5, 5.41) is 0. The maximum absolute atomic E-state index is 2.52. The minimum atomic E-state index is 0.652. The zero-order chi connectivity index (χ0) is 12.0. The van der Waals surface area contributed by atoms with E-state index in [2.05, 4.69) is 56.9 Å². The molecule has 0 aliphatic carbocycles. The van der Waals surface area contributed by atoms with Crippen LogP contribution in [-0.2, 0) is 12.8 Å². The molecule has 1 nitrogen and oxygen atoms in total. The third-order valence-corrected chi connectivity index (χ3v) is 3.30. The predicted molar refractivity (Wildman–Crippen MR) is 71.9 cm³/mol. The molecule has 0 spiro atoms. The van der Waals surface area contributed by atoms with Crippen molar-refractivity contribution in [3.63, 3.8) is 0 Å². The van der Waals surface area contributed by atoms with Crippen LogP contribution in [0.5, 0.6) is 0 Å². The standard InChI is InChI=1S/C15H25N/c1-5-14-9-7-8-10-15(14)11-12-16(6-2)13(3)4/h7-10,13H,5-6,11-12H2,1-4H3. The first-order chi connectivity index (χ1) is 7.69. The van der Waals surface area contributed by atoms with Crippen molar-refractivity contribution in [2.75, 3.05) is 13.1 Å². The summed E-state index contributed by atoms with van der Waals surface area (Å²) in [4.78, 5) is 2.52. The van der Waals surface area contributed by atoms with Gasteiger partial charge in [-0.15, -0.1) is 0 Å². The Morgan fingerprint density at radius 3 is 2.19 bits per heavy atom. The average Bonchev–Trinajstić information content (AvgIpc) is 2.30. The molecule has 0 atom stereocenters. The summed E-state index contributed by atoms with van der Waals surface area (Å²) in [6, 6.07) is 9.47. The van der Waals surface area contributed by atoms with E-state index in [9.17, 15) is 0 Å². The van der Waals surface area contributed by atoms with Crippen LogP contribution in [0.3, 0.4) is 0 Å². The molecule has 0 unspecified atom stereocenters. The Morgan fingerprint density at radius 1 is 1.06 bits per heavy atom. The minimum absolute atomic E-state index is 0.652. The normalized spacial score (nSPS) is 11.4. The van der Waals surface area contributed by atoms with Crippen LogP contribution in [-0.4, -0.2) is 24.0 Å². The van der Waals surface area contributed by atoms with Gasteiger partial charge in [0.1, 0.15) is 0 Å². The van der Waals surface area contributed by atoms with Gasteiger partial charge in [0.2, 0.25) is 0 Å². The van der Waals surface area contributed by atoms with Gasteiger partial charge in [-0.25, -0.2) is 0 Å². The van der Waals surface area contributed by atoms with Gasteiger partial charge >= 0.3 is 0 Å². The van der Waals surface area contributed by atoms with Gasteiger partial charge in [-0.3, -0.25) is 0 Å². The summed E-state index contributed by atoms with van der Waals surface area (Å²) >= 11 is 0. The van der Waals surface area contributed by atoms with E-state index in [4.69, 9.17) is 0 Å². The van der Waals surface area contributed by atoms with E-state index in [0.29, 0.717) is 6.04 Å². The van der Waals surface area contributed by atoms with E-state index in [-0.39, 0.29) is 0 Å². The molecule has 1 heteroatoms. The van der Waals surface area contributed by atoms with Gasteiger partial charge < -0.3 is 4.90 Å². The molecule has 0 N–H and O–H groups in total. The molecule has 0 aliphatic rings. The molecule has 16 heavy (non-hydrogen) atoms. The van der Waals surface area contributed by atoms with Gasteiger partial charge in [-0.1, -0.05) is 38.1 Å². The second-order valence-electron chi connectivity index (χ2n) is 4.59. The number of nitrogens with zero attached hydrogens (tertiary/aromatic N) is 1. The highest BCUT2D eigenvalue weighted by Crippen LogP contribution is 2.11. The fraction of sp³-hybridized carbons (Fsp3) is 0.600. The summed E-state index contributed by atoms with van der Waals surface area (Å²) in [6.45, 7) is 11.3. The molecule has 0 amide bonds. The van der Waals surface area contributed by atoms with Gasteiger partial charge in [-0.05, 0) is 44.4 Å². The first-order valence-electron chi connectivity index (χ1n) is 6.49. The van der Waals surface area contributed by atoms with Crippen molar-refractivity contribution in [3.05, 3.63) is 35.4 Å². The van der Waals surface area contributed by atoms with E-state index in [1.54, 1.807) is 0 Å². The largest absolute Gasteiger partial charge is 0.301 e. The summed E-state index contributed by atoms with van der Waals surface area (Å²) in [7, 11) is 0. The summed E-state index contributed by atoms with van der Waals surface area (Å²) in [5.41, 5.74) is 3.02. The molecule has 0 saturated heterocycles. The fourth-order valence-electron chi connectivity index (χ4n) is 2.19. The molecule has 1 rings (SSSR count). The fourth-order valence-corrected chi connectivity index (χ4v) is 2.19. The van der Waals surface area contributed by atoms with E-state index in [1.165, 1.54) is 24.1 Å². The van der Waals surface area contributed by atoms with Gasteiger partial charge in [0.05, 0.1) is 0 Å². The van der Waals surface area contributed by atoms with Crippen LogP contribution < -0.4 is 0 Å². The third kappa shape index (κ3) is 3.64. The first-order valence-corrected chi connectivity index (χ1v) is 6.49. The van der Waals surface area contributed by atoms with Gasteiger partial charge in [-0.2, -0.15) is 0 Å². The summed E-state index contributed by atoms with van der Waals surface area (Å²) in [6.07, 6.45) is 2.32. The van der Waals surface area contributed by atoms with Crippen molar-refractivity contribution in [2.45, 2.75) is 46.6 Å². The van der Waals surface area contributed by atoms with Crippen LogP contribution in [0.2, 0.25) is 0 Å². The topological polar surface area (TPSA) is 3.24 Å². The Balaban J connectivity index is 2.59. The molecule has 0 heterocycles. The average molecular weight is 219 g/mol. The molecule has 1 aromatic carbocycles. The SMILES string of the molecule is CCc1ccccc1CCN(CC)C(C)C. The summed E-state index contributed by atoms with van der Waals surface area (Å²) < 4.78 is 0. The van der Waals surface area contributed by atoms with Crippen LogP contribution in [0, 0.1) is 0 Å². The number of benzene rings is 1. The van der Waals surface area contributed by atoms with Gasteiger partial charge in [0.25, 0.3) is 0 Å². The number of likely N-dealkylation sites (N-methyl/N-ethyl adjacent to an activating group) is 1. The van der Waals surface area contributed by atoms with Crippen LogP contribution in [0.15, 0.2) is 24.3 Å². The molecule has 0 saturated carbocycles. The van der Waals surface area contributed by atoms with Crippen LogP contribution in [0.25, 0.3) is 0 Å². The van der Waals surface area contributed by atoms with Gasteiger partial charge in [0, 0.05) is 12.6 Å². The smallest absolute Gasteiger partial charge is 0.00386 e. The lowest BCUT2D eigenvalue weighted by molar-refractivity contribution is 0.236. The van der Waals surface area contributed by atoms with Crippen LogP contribution >= 0.6 is 0 Å². The second-order valence-corrected chi connectivity index (χ2v) is 4.59. The zero-order valence-electron chi connectivity index (χ0n) is 11.2. The monoisotopic (exact) mass is 219 g/mol. The number of hydrogen-bond acceptors (Lipinski definition) is 1. The molecule has 0 aromatic heterocycles. The van der Waals surface area contributed by atoms with Crippen molar-refractivity contribution in [1.82, 2.24) is 4.90 Å². The Kier molecular flexibility index (Phi) is 5.54. The van der Waals surface area contributed by atoms with E-state index < -0.39 is 0 Å². The Morgan fingerprint density at radius 2 is 1.69 bits per heavy atom. The number of aryl methyl sites for hydroxylation is 1. The van der Waals surface area contributed by atoms with Crippen LogP contribution in [0.4, 0.5) is 0 Å². The molecule has 0 bridgehead atoms. The van der Waals surface area contributed by atoms with E-state index >= 15 is 0 Å². The lowest BCUT2D eigenvalue weighted by Gasteiger charge is -2.25. The number of hydrogen-bond donors (Lipinski definition) is 0. The third-order valence-electron chi connectivity index (χ3n) is 3.30. The summed E-state index contributed by atoms with van der Waals surface area (Å²) in [5.74, 6) is 0.